The van der Waals surface area contributed by atoms with Crippen molar-refractivity contribution >= 4 is 48.3 Å². The summed E-state index contributed by atoms with van der Waals surface area (Å²) < 4.78 is 0.931. The second kappa shape index (κ2) is 5.30. The van der Waals surface area contributed by atoms with E-state index in [-0.39, 0.29) is 5.56 Å². The molecule has 0 spiro atoms. The first-order valence-electron chi connectivity index (χ1n) is 5.92. The number of hydrogen-bond donors (Lipinski definition) is 1. The molecule has 20 heavy (non-hydrogen) atoms. The van der Waals surface area contributed by atoms with Crippen molar-refractivity contribution < 1.29 is 0 Å². The smallest absolute Gasteiger partial charge is 0.282 e. The number of aryl methyl sites for hydroxylation is 1. The maximum absolute atomic E-state index is 11.9. The number of hydrogen-bond acceptors (Lipinski definition) is 5. The SMILES string of the molecule is Cc1ccc(Nc2nc(=O)c3cccnc3s2)c(Br)c1. The first-order chi connectivity index (χ1) is 9.63. The monoisotopic (exact) mass is 347 g/mol. The zero-order valence-corrected chi connectivity index (χ0v) is 13.0. The van der Waals surface area contributed by atoms with Crippen LogP contribution in [-0.4, -0.2) is 9.97 Å². The summed E-state index contributed by atoms with van der Waals surface area (Å²) in [6.07, 6.45) is 1.67. The minimum Gasteiger partial charge on any atom is -0.330 e. The number of anilines is 2. The second-order valence-corrected chi connectivity index (χ2v) is 6.12. The summed E-state index contributed by atoms with van der Waals surface area (Å²) in [5, 5.41) is 4.23. The largest absolute Gasteiger partial charge is 0.330 e. The van der Waals surface area contributed by atoms with Gasteiger partial charge in [0.25, 0.3) is 5.56 Å². The number of pyridine rings is 1. The van der Waals surface area contributed by atoms with Gasteiger partial charge in [0, 0.05) is 10.7 Å². The molecule has 0 fully saturated rings. The fourth-order valence-electron chi connectivity index (χ4n) is 1.79. The predicted octanol–water partition coefficient (Wildman–Crippen LogP) is 3.87. The highest BCUT2D eigenvalue weighted by molar-refractivity contribution is 9.10. The Balaban J connectivity index is 2.05. The first-order valence-corrected chi connectivity index (χ1v) is 7.53. The van der Waals surface area contributed by atoms with Crippen LogP contribution in [0, 0.1) is 6.92 Å². The summed E-state index contributed by atoms with van der Waals surface area (Å²) in [6.45, 7) is 2.02. The van der Waals surface area contributed by atoms with Gasteiger partial charge in [-0.15, -0.1) is 0 Å². The quantitative estimate of drug-likeness (QED) is 0.764. The van der Waals surface area contributed by atoms with Crippen molar-refractivity contribution in [3.05, 3.63) is 56.9 Å². The molecule has 0 unspecified atom stereocenters. The molecular weight excluding hydrogens is 338 g/mol. The van der Waals surface area contributed by atoms with E-state index in [2.05, 4.69) is 31.2 Å². The van der Waals surface area contributed by atoms with E-state index in [4.69, 9.17) is 0 Å². The van der Waals surface area contributed by atoms with E-state index in [0.29, 0.717) is 15.3 Å². The molecule has 3 aromatic rings. The molecule has 1 N–H and O–H groups in total. The molecule has 1 aromatic carbocycles. The van der Waals surface area contributed by atoms with Crippen molar-refractivity contribution in [2.75, 3.05) is 5.32 Å². The Morgan fingerprint density at radius 3 is 2.95 bits per heavy atom. The highest BCUT2D eigenvalue weighted by atomic mass is 79.9. The third-order valence-corrected chi connectivity index (χ3v) is 4.33. The average molecular weight is 348 g/mol. The normalized spacial score (nSPS) is 10.7. The zero-order chi connectivity index (χ0) is 14.1. The lowest BCUT2D eigenvalue weighted by atomic mass is 10.2. The van der Waals surface area contributed by atoms with Crippen molar-refractivity contribution in [2.45, 2.75) is 6.92 Å². The van der Waals surface area contributed by atoms with Gasteiger partial charge < -0.3 is 5.32 Å². The van der Waals surface area contributed by atoms with Gasteiger partial charge in [0.05, 0.1) is 11.1 Å². The van der Waals surface area contributed by atoms with E-state index < -0.39 is 0 Å². The van der Waals surface area contributed by atoms with Crippen LogP contribution in [0.5, 0.6) is 0 Å². The van der Waals surface area contributed by atoms with Crippen LogP contribution in [0.2, 0.25) is 0 Å². The van der Waals surface area contributed by atoms with Crippen LogP contribution in [0.25, 0.3) is 10.2 Å². The summed E-state index contributed by atoms with van der Waals surface area (Å²) in [5.41, 5.74) is 1.76. The number of halogens is 1. The van der Waals surface area contributed by atoms with Crippen LogP contribution < -0.4 is 10.9 Å². The van der Waals surface area contributed by atoms with Crippen molar-refractivity contribution in [3.8, 4) is 0 Å². The minimum atomic E-state index is -0.266. The lowest BCUT2D eigenvalue weighted by molar-refractivity contribution is 1.29. The Morgan fingerprint density at radius 1 is 1.30 bits per heavy atom. The van der Waals surface area contributed by atoms with Crippen LogP contribution in [0.4, 0.5) is 10.8 Å². The van der Waals surface area contributed by atoms with Crippen molar-refractivity contribution in [1.82, 2.24) is 9.97 Å². The van der Waals surface area contributed by atoms with E-state index in [0.717, 1.165) is 15.7 Å². The van der Waals surface area contributed by atoms with Gasteiger partial charge >= 0.3 is 0 Å². The van der Waals surface area contributed by atoms with E-state index >= 15 is 0 Å². The second-order valence-electron chi connectivity index (χ2n) is 4.29. The molecule has 0 saturated carbocycles. The molecule has 0 amide bonds. The van der Waals surface area contributed by atoms with Gasteiger partial charge in [-0.1, -0.05) is 17.4 Å². The maximum Gasteiger partial charge on any atom is 0.282 e. The van der Waals surface area contributed by atoms with Crippen molar-refractivity contribution in [3.63, 3.8) is 0 Å². The third kappa shape index (κ3) is 2.57. The molecule has 0 aliphatic heterocycles. The predicted molar refractivity (Wildman–Crippen MR) is 85.8 cm³/mol. The molecule has 0 bridgehead atoms. The zero-order valence-electron chi connectivity index (χ0n) is 10.6. The number of aromatic nitrogens is 2. The van der Waals surface area contributed by atoms with Crippen LogP contribution in [-0.2, 0) is 0 Å². The maximum atomic E-state index is 11.9. The lowest BCUT2D eigenvalue weighted by Crippen LogP contribution is -2.08. The molecular formula is C14H10BrN3OS. The molecule has 0 atom stereocenters. The molecule has 6 heteroatoms. The van der Waals surface area contributed by atoms with Crippen molar-refractivity contribution in [2.24, 2.45) is 0 Å². The minimum absolute atomic E-state index is 0.266. The summed E-state index contributed by atoms with van der Waals surface area (Å²) in [7, 11) is 0. The lowest BCUT2D eigenvalue weighted by Gasteiger charge is -2.07. The third-order valence-electron chi connectivity index (χ3n) is 2.76. The molecule has 0 aliphatic rings. The van der Waals surface area contributed by atoms with Gasteiger partial charge in [-0.05, 0) is 52.7 Å². The fourth-order valence-corrected chi connectivity index (χ4v) is 3.24. The molecule has 0 aliphatic carbocycles. The van der Waals surface area contributed by atoms with Gasteiger partial charge in [0.2, 0.25) is 0 Å². The molecule has 4 nitrogen and oxygen atoms in total. The van der Waals surface area contributed by atoms with E-state index in [9.17, 15) is 4.79 Å². The number of nitrogens with zero attached hydrogens (tertiary/aromatic N) is 2. The highest BCUT2D eigenvalue weighted by Crippen LogP contribution is 2.28. The van der Waals surface area contributed by atoms with Crippen LogP contribution in [0.1, 0.15) is 5.56 Å². The standard InChI is InChI=1S/C14H10BrN3OS/c1-8-4-5-11(10(15)7-8)17-14-18-12(19)9-3-2-6-16-13(9)20-14/h2-7H,1H3,(H,17,18,19). The fraction of sp³-hybridized carbons (Fsp3) is 0.0714. The summed E-state index contributed by atoms with van der Waals surface area (Å²) >= 11 is 4.85. The topological polar surface area (TPSA) is 54.9 Å². The van der Waals surface area contributed by atoms with Gasteiger partial charge in [0.15, 0.2) is 5.13 Å². The van der Waals surface area contributed by atoms with Gasteiger partial charge in [0.1, 0.15) is 4.83 Å². The summed E-state index contributed by atoms with van der Waals surface area (Å²) in [5.74, 6) is 0. The van der Waals surface area contributed by atoms with Gasteiger partial charge in [-0.3, -0.25) is 4.79 Å². The van der Waals surface area contributed by atoms with Gasteiger partial charge in [-0.2, -0.15) is 4.98 Å². The summed E-state index contributed by atoms with van der Waals surface area (Å²) in [6, 6.07) is 9.42. The van der Waals surface area contributed by atoms with E-state index in [1.165, 1.54) is 11.3 Å². The number of benzene rings is 1. The van der Waals surface area contributed by atoms with Crippen molar-refractivity contribution in [1.29, 1.82) is 0 Å². The van der Waals surface area contributed by atoms with Crippen LogP contribution in [0.15, 0.2) is 45.8 Å². The summed E-state index contributed by atoms with van der Waals surface area (Å²) in [4.78, 5) is 20.9. The van der Waals surface area contributed by atoms with Crippen LogP contribution in [0.3, 0.4) is 0 Å². The Labute approximate surface area is 127 Å². The van der Waals surface area contributed by atoms with E-state index in [1.807, 2.05) is 25.1 Å². The molecule has 3 rings (SSSR count). The highest BCUT2D eigenvalue weighted by Gasteiger charge is 2.07. The molecule has 0 radical (unpaired) electrons. The molecule has 2 heterocycles. The average Bonchev–Trinajstić information content (AvgIpc) is 2.42. The Morgan fingerprint density at radius 2 is 2.15 bits per heavy atom. The number of rotatable bonds is 2. The Hall–Kier alpha value is -1.79. The van der Waals surface area contributed by atoms with Gasteiger partial charge in [-0.25, -0.2) is 4.98 Å². The molecule has 2 aromatic heterocycles. The molecule has 100 valence electrons. The first kappa shape index (κ1) is 13.2. The number of fused-ring (bicyclic) bond motifs is 1. The molecule has 0 saturated heterocycles. The Bertz CT molecular complexity index is 847. The number of nitrogens with one attached hydrogen (secondary N) is 1. The van der Waals surface area contributed by atoms with E-state index in [1.54, 1.807) is 18.3 Å². The van der Waals surface area contributed by atoms with Crippen LogP contribution >= 0.6 is 27.3 Å². The Kier molecular flexibility index (Phi) is 3.50.